The first-order chi connectivity index (χ1) is 6.05. The van der Waals surface area contributed by atoms with Gasteiger partial charge in [-0.2, -0.15) is 0 Å². The summed E-state index contributed by atoms with van der Waals surface area (Å²) in [6.07, 6.45) is 0. The number of hydrogen-bond donors (Lipinski definition) is 3. The fraction of sp³-hybridized carbons (Fsp3) is 0.250. The molecular formula is C8H22N3O2PS2. The van der Waals surface area contributed by atoms with E-state index in [9.17, 15) is 9.79 Å². The molecule has 0 spiro atoms. The maximum atomic E-state index is 11.2. The lowest BCUT2D eigenvalue weighted by atomic mass is 10.4. The zero-order valence-corrected chi connectivity index (χ0v) is 12.7. The minimum absolute atomic E-state index is 0. The first-order valence-corrected chi connectivity index (χ1v) is 8.48. The largest absolute Gasteiger partial charge is 0.853 e. The lowest BCUT2D eigenvalue weighted by molar-refractivity contribution is -0.285. The molecule has 1 rings (SSSR count). The van der Waals surface area contributed by atoms with Gasteiger partial charge in [-0.05, 0) is 22.8 Å². The summed E-state index contributed by atoms with van der Waals surface area (Å²) in [5, 5.41) is 0. The SMILES string of the molecule is CCS(c1ccccc1)=P([O-])([O-])[S-].[NH4+].[NH4+].[NH4+]. The van der Waals surface area contributed by atoms with Crippen LogP contribution in [0.2, 0.25) is 0 Å². The van der Waals surface area contributed by atoms with Crippen LogP contribution in [-0.4, -0.2) is 5.75 Å². The van der Waals surface area contributed by atoms with Gasteiger partial charge in [-0.25, -0.2) is 10.1 Å². The second-order valence-corrected chi connectivity index (χ2v) is 9.99. The van der Waals surface area contributed by atoms with E-state index in [4.69, 9.17) is 0 Å². The summed E-state index contributed by atoms with van der Waals surface area (Å²) in [5.74, 6) is 0.564. The van der Waals surface area contributed by atoms with Gasteiger partial charge in [0.15, 0.2) is 0 Å². The summed E-state index contributed by atoms with van der Waals surface area (Å²) < 4.78 is 0. The normalized spacial score (nSPS) is 11.5. The molecule has 1 aromatic carbocycles. The molecule has 0 amide bonds. The van der Waals surface area contributed by atoms with E-state index in [1.54, 1.807) is 0 Å². The van der Waals surface area contributed by atoms with Crippen molar-refractivity contribution in [2.24, 2.45) is 0 Å². The molecule has 0 aliphatic rings. The van der Waals surface area contributed by atoms with Crippen LogP contribution in [0.5, 0.6) is 0 Å². The molecule has 1 unspecified atom stereocenters. The van der Waals surface area contributed by atoms with Gasteiger partial charge in [-0.15, -0.1) is 0 Å². The molecule has 0 radical (unpaired) electrons. The van der Waals surface area contributed by atoms with Crippen molar-refractivity contribution in [2.75, 3.05) is 5.75 Å². The van der Waals surface area contributed by atoms with Crippen LogP contribution >= 0.6 is 5.69 Å². The lowest BCUT2D eigenvalue weighted by Crippen LogP contribution is -2.17. The Hall–Kier alpha value is 0.150. The summed E-state index contributed by atoms with van der Waals surface area (Å²) in [6.45, 7) is 1.84. The Balaban J connectivity index is -0.000000563. The molecule has 1 aromatic rings. The third kappa shape index (κ3) is 6.03. The predicted octanol–water partition coefficient (Wildman–Crippen LogP) is 1.76. The highest BCUT2D eigenvalue weighted by Gasteiger charge is 1.92. The van der Waals surface area contributed by atoms with E-state index in [0.29, 0.717) is 5.75 Å². The molecule has 1 atom stereocenters. The smallest absolute Gasteiger partial charge is 0.00245 e. The van der Waals surface area contributed by atoms with Crippen molar-refractivity contribution in [2.45, 2.75) is 11.8 Å². The van der Waals surface area contributed by atoms with Crippen LogP contribution in [0.4, 0.5) is 0 Å². The van der Waals surface area contributed by atoms with Crippen molar-refractivity contribution in [1.29, 1.82) is 0 Å². The van der Waals surface area contributed by atoms with Crippen LogP contribution in [0.25, 0.3) is 0 Å². The molecule has 12 N–H and O–H groups in total. The number of benzene rings is 1. The summed E-state index contributed by atoms with van der Waals surface area (Å²) in [6, 6.07) is 9.14. The van der Waals surface area contributed by atoms with Crippen molar-refractivity contribution >= 4 is 28.0 Å². The van der Waals surface area contributed by atoms with E-state index in [2.05, 4.69) is 12.2 Å². The molecular weight excluding hydrogens is 265 g/mol. The van der Waals surface area contributed by atoms with E-state index in [0.717, 1.165) is 4.90 Å². The summed E-state index contributed by atoms with van der Waals surface area (Å²) >= 11 is 4.50. The van der Waals surface area contributed by atoms with Crippen LogP contribution in [0.3, 0.4) is 0 Å². The van der Waals surface area contributed by atoms with Gasteiger partial charge in [0.25, 0.3) is 0 Å². The second kappa shape index (κ2) is 9.21. The van der Waals surface area contributed by atoms with E-state index in [-0.39, 0.29) is 18.5 Å². The van der Waals surface area contributed by atoms with Crippen LogP contribution in [0.15, 0.2) is 35.2 Å². The van der Waals surface area contributed by atoms with Gasteiger partial charge in [-0.1, -0.05) is 25.1 Å². The Labute approximate surface area is 104 Å². The second-order valence-electron chi connectivity index (χ2n) is 2.41. The number of quaternary nitrogens is 3. The Bertz CT molecular complexity index is 334. The molecule has 0 heterocycles. The molecule has 0 saturated heterocycles. The van der Waals surface area contributed by atoms with Crippen LogP contribution in [0, 0.1) is 0 Å². The third-order valence-corrected chi connectivity index (χ3v) is 8.11. The Kier molecular flexibility index (Phi) is 12.3. The Morgan fingerprint density at radius 2 is 1.56 bits per heavy atom. The van der Waals surface area contributed by atoms with Gasteiger partial charge in [0.1, 0.15) is 0 Å². The van der Waals surface area contributed by atoms with E-state index in [1.165, 1.54) is 0 Å². The molecule has 0 saturated carbocycles. The highest BCUT2D eigenvalue weighted by molar-refractivity contribution is 8.57. The molecule has 98 valence electrons. The highest BCUT2D eigenvalue weighted by Crippen LogP contribution is 2.32. The van der Waals surface area contributed by atoms with E-state index < -0.39 is 15.8 Å². The van der Waals surface area contributed by atoms with Gasteiger partial charge >= 0.3 is 0 Å². The molecule has 0 aliphatic carbocycles. The fourth-order valence-electron chi connectivity index (χ4n) is 1.03. The van der Waals surface area contributed by atoms with Gasteiger partial charge in [-0.3, -0.25) is 0 Å². The molecule has 5 nitrogen and oxygen atoms in total. The standard InChI is InChI=1S/C8H10O2PS2.3H3N/c1-2-13(11(9,10)12)8-6-4-3-5-7-8;;;/h3-7H,2H2,1H3;3*1H3/q-3;;;/p+3. The first-order valence-electron chi connectivity index (χ1n) is 3.84. The zero-order valence-electron chi connectivity index (χ0n) is 10.2. The molecule has 0 bridgehead atoms. The molecule has 0 aromatic heterocycles. The zero-order chi connectivity index (χ0) is 9.90. The first kappa shape index (κ1) is 21.4. The van der Waals surface area contributed by atoms with Crippen molar-refractivity contribution in [3.8, 4) is 0 Å². The monoisotopic (exact) mass is 287 g/mol. The van der Waals surface area contributed by atoms with Crippen molar-refractivity contribution < 1.29 is 9.79 Å². The van der Waals surface area contributed by atoms with E-state index in [1.807, 2.05) is 37.3 Å². The maximum absolute atomic E-state index is 11.2. The average Bonchev–Trinajstić information content (AvgIpc) is 2.05. The lowest BCUT2D eigenvalue weighted by Gasteiger charge is -2.53. The van der Waals surface area contributed by atoms with Gasteiger partial charge < -0.3 is 46.2 Å². The van der Waals surface area contributed by atoms with Crippen LogP contribution in [0.1, 0.15) is 6.92 Å². The van der Waals surface area contributed by atoms with Crippen molar-refractivity contribution in [3.05, 3.63) is 30.3 Å². The Morgan fingerprint density at radius 1 is 1.12 bits per heavy atom. The van der Waals surface area contributed by atoms with Crippen molar-refractivity contribution in [3.63, 3.8) is 0 Å². The summed E-state index contributed by atoms with van der Waals surface area (Å²) in [4.78, 5) is 23.3. The average molecular weight is 287 g/mol. The van der Waals surface area contributed by atoms with Crippen LogP contribution in [-0.2, 0) is 22.3 Å². The molecule has 0 aliphatic heterocycles. The quantitative estimate of drug-likeness (QED) is 0.560. The summed E-state index contributed by atoms with van der Waals surface area (Å²) in [7, 11) is -0.797. The molecule has 16 heavy (non-hydrogen) atoms. The van der Waals surface area contributed by atoms with Gasteiger partial charge in [0.2, 0.25) is 0 Å². The van der Waals surface area contributed by atoms with Crippen LogP contribution < -0.4 is 28.2 Å². The third-order valence-electron chi connectivity index (χ3n) is 1.56. The van der Waals surface area contributed by atoms with Gasteiger partial charge in [0.05, 0.1) is 0 Å². The maximum Gasteiger partial charge on any atom is -0.00245 e. The summed E-state index contributed by atoms with van der Waals surface area (Å²) in [5.41, 5.74) is -3.64. The fourth-order valence-corrected chi connectivity index (χ4v) is 6.22. The molecule has 0 fully saturated rings. The predicted molar refractivity (Wildman–Crippen MR) is 74.9 cm³/mol. The minimum atomic E-state index is -3.64. The van der Waals surface area contributed by atoms with Gasteiger partial charge in [0, 0.05) is 0 Å². The topological polar surface area (TPSA) is 156 Å². The number of hydrogen-bond acceptors (Lipinski definition) is 3. The minimum Gasteiger partial charge on any atom is -0.853 e. The highest BCUT2D eigenvalue weighted by atomic mass is 32.9. The van der Waals surface area contributed by atoms with Crippen molar-refractivity contribution in [1.82, 2.24) is 18.5 Å². The number of rotatable bonds is 2. The Morgan fingerprint density at radius 3 is 1.88 bits per heavy atom. The van der Waals surface area contributed by atoms with E-state index >= 15 is 0 Å². The molecule has 8 heteroatoms.